The van der Waals surface area contributed by atoms with Crippen molar-refractivity contribution in [2.75, 3.05) is 11.5 Å². The van der Waals surface area contributed by atoms with Crippen LogP contribution in [0.25, 0.3) is 10.9 Å². The lowest BCUT2D eigenvalue weighted by atomic mass is 9.53. The van der Waals surface area contributed by atoms with Crippen LogP contribution in [0.15, 0.2) is 54.6 Å². The molecule has 5 aliphatic carbocycles. The van der Waals surface area contributed by atoms with Gasteiger partial charge in [-0.25, -0.2) is 0 Å². The monoisotopic (exact) mass is 623 g/mol. The molecule has 6 heteroatoms. The van der Waals surface area contributed by atoms with Crippen molar-refractivity contribution in [2.45, 2.75) is 102 Å². The number of fused-ring (bicyclic) bond motifs is 1. The summed E-state index contributed by atoms with van der Waals surface area (Å²) >= 11 is 1.93. The first kappa shape index (κ1) is 29.7. The van der Waals surface area contributed by atoms with Gasteiger partial charge >= 0.3 is 0 Å². The molecule has 3 aromatic rings. The Balaban J connectivity index is 1.11. The Morgan fingerprint density at radius 2 is 1.53 bits per heavy atom. The van der Waals surface area contributed by atoms with E-state index in [9.17, 15) is 9.59 Å². The molecule has 45 heavy (non-hydrogen) atoms. The SMILES string of the molecule is Cc1[nH]c2ccccc2c1[C@@H]1[C@@H](CC(=O)N(Cc2ccccc2)C2(C(=O)NC34CC5CC(CC(C5)C3)C4)CCSCC2)C1(C)C. The minimum absolute atomic E-state index is 0.0147. The summed E-state index contributed by atoms with van der Waals surface area (Å²) in [5.41, 5.74) is 4.00. The highest BCUT2D eigenvalue weighted by molar-refractivity contribution is 7.99. The highest BCUT2D eigenvalue weighted by Crippen LogP contribution is 2.67. The van der Waals surface area contributed by atoms with Crippen molar-refractivity contribution in [3.05, 3.63) is 71.4 Å². The molecule has 0 unspecified atom stereocenters. The first-order valence-corrected chi connectivity index (χ1v) is 18.6. The lowest BCUT2D eigenvalue weighted by Gasteiger charge is -2.58. The van der Waals surface area contributed by atoms with Crippen LogP contribution in [0.5, 0.6) is 0 Å². The summed E-state index contributed by atoms with van der Waals surface area (Å²) in [5, 5.41) is 5.03. The molecular weight excluding hydrogens is 575 g/mol. The molecular formula is C39H49N3O2S. The topological polar surface area (TPSA) is 65.2 Å². The minimum Gasteiger partial charge on any atom is -0.358 e. The maximum atomic E-state index is 14.9. The van der Waals surface area contributed by atoms with Crippen molar-refractivity contribution in [3.63, 3.8) is 0 Å². The van der Waals surface area contributed by atoms with Crippen LogP contribution < -0.4 is 5.32 Å². The van der Waals surface area contributed by atoms with Crippen LogP contribution in [0, 0.1) is 36.0 Å². The van der Waals surface area contributed by atoms with E-state index in [1.54, 1.807) is 0 Å². The van der Waals surface area contributed by atoms with Crippen molar-refractivity contribution in [1.29, 1.82) is 0 Å². The van der Waals surface area contributed by atoms with Gasteiger partial charge in [-0.3, -0.25) is 9.59 Å². The Bertz CT molecular complexity index is 1570. The smallest absolute Gasteiger partial charge is 0.246 e. The second-order valence-corrected chi connectivity index (χ2v) is 17.3. The Kier molecular flexibility index (Phi) is 7.20. The maximum Gasteiger partial charge on any atom is 0.246 e. The molecule has 9 rings (SSSR count). The number of rotatable bonds is 8. The molecule has 0 spiro atoms. The minimum atomic E-state index is -0.799. The fourth-order valence-corrected chi connectivity index (χ4v) is 12.1. The number of carbonyl (C=O) groups excluding carboxylic acids is 2. The fourth-order valence-electron chi connectivity index (χ4n) is 10.9. The van der Waals surface area contributed by atoms with Crippen molar-refractivity contribution in [2.24, 2.45) is 29.1 Å². The third kappa shape index (κ3) is 5.05. The molecule has 2 heterocycles. The standard InChI is InChI=1S/C39H49N3O2S/c1-25-34(30-11-7-8-12-32(30)40-25)35-31(37(35,2)3)20-33(43)42(24-26-9-5-4-6-10-26)39(13-15-45-16-14-39)36(44)41-38-21-27-17-28(22-38)19-29(18-27)23-38/h4-12,27-29,31,35,40H,13-24H2,1-3H3,(H,41,44)/t27?,28?,29?,31-,35+,38?/m1/s1. The van der Waals surface area contributed by atoms with Gasteiger partial charge in [0.05, 0.1) is 0 Å². The molecule has 2 N–H and O–H groups in total. The van der Waals surface area contributed by atoms with Gasteiger partial charge < -0.3 is 15.2 Å². The predicted molar refractivity (Wildman–Crippen MR) is 183 cm³/mol. The zero-order valence-electron chi connectivity index (χ0n) is 27.2. The van der Waals surface area contributed by atoms with Crippen molar-refractivity contribution in [3.8, 4) is 0 Å². The number of amides is 2. The van der Waals surface area contributed by atoms with Crippen LogP contribution in [0.1, 0.15) is 94.4 Å². The second kappa shape index (κ2) is 10.9. The number of benzene rings is 2. The highest BCUT2D eigenvalue weighted by Gasteiger charge is 2.61. The highest BCUT2D eigenvalue weighted by atomic mass is 32.2. The Morgan fingerprint density at radius 3 is 2.20 bits per heavy atom. The number of aromatic amines is 1. The van der Waals surface area contributed by atoms with Crippen LogP contribution in [0.4, 0.5) is 0 Å². The van der Waals surface area contributed by atoms with Gasteiger partial charge in [-0.1, -0.05) is 62.4 Å². The van der Waals surface area contributed by atoms with Crippen molar-refractivity contribution < 1.29 is 9.59 Å². The molecule has 1 aromatic heterocycles. The molecule has 6 fully saturated rings. The van der Waals surface area contributed by atoms with Crippen LogP contribution in [0.3, 0.4) is 0 Å². The van der Waals surface area contributed by atoms with Gasteiger partial charge in [-0.15, -0.1) is 0 Å². The van der Waals surface area contributed by atoms with Gasteiger partial charge in [0, 0.05) is 35.1 Å². The first-order valence-electron chi connectivity index (χ1n) is 17.5. The molecule has 2 atom stereocenters. The summed E-state index contributed by atoms with van der Waals surface area (Å²) in [5.74, 6) is 4.95. The molecule has 2 amide bonds. The van der Waals surface area contributed by atoms with Gasteiger partial charge in [0.25, 0.3) is 0 Å². The number of aryl methyl sites for hydroxylation is 1. The normalized spacial score (nSPS) is 32.4. The molecule has 238 valence electrons. The van der Waals surface area contributed by atoms with Gasteiger partial charge in [0.2, 0.25) is 11.8 Å². The van der Waals surface area contributed by atoms with Gasteiger partial charge in [0.1, 0.15) is 5.54 Å². The van der Waals surface area contributed by atoms with Crippen LogP contribution in [0.2, 0.25) is 0 Å². The zero-order valence-corrected chi connectivity index (χ0v) is 28.1. The number of nitrogens with zero attached hydrogens (tertiary/aromatic N) is 1. The summed E-state index contributed by atoms with van der Waals surface area (Å²) in [6.07, 6.45) is 9.37. The molecule has 2 aromatic carbocycles. The zero-order chi connectivity index (χ0) is 31.0. The average Bonchev–Trinajstić information content (AvgIpc) is 3.36. The third-order valence-corrected chi connectivity index (χ3v) is 13.8. The number of hydrogen-bond donors (Lipinski definition) is 2. The Hall–Kier alpha value is -2.73. The number of hydrogen-bond acceptors (Lipinski definition) is 3. The average molecular weight is 624 g/mol. The summed E-state index contributed by atoms with van der Waals surface area (Å²) in [4.78, 5) is 35.4. The van der Waals surface area contributed by atoms with E-state index in [0.717, 1.165) is 66.9 Å². The molecule has 6 aliphatic rings. The van der Waals surface area contributed by atoms with E-state index in [1.807, 2.05) is 17.8 Å². The molecule has 1 aliphatic heterocycles. The van der Waals surface area contributed by atoms with Gasteiger partial charge in [0.15, 0.2) is 0 Å². The molecule has 1 saturated heterocycles. The second-order valence-electron chi connectivity index (χ2n) is 16.1. The van der Waals surface area contributed by atoms with Crippen LogP contribution >= 0.6 is 11.8 Å². The van der Waals surface area contributed by atoms with Gasteiger partial charge in [-0.2, -0.15) is 11.8 Å². The lowest BCUT2D eigenvalue weighted by molar-refractivity contribution is -0.153. The van der Waals surface area contributed by atoms with Crippen molar-refractivity contribution >= 4 is 34.5 Å². The fraction of sp³-hybridized carbons (Fsp3) is 0.590. The summed E-state index contributed by atoms with van der Waals surface area (Å²) in [6.45, 7) is 7.31. The first-order chi connectivity index (χ1) is 21.7. The summed E-state index contributed by atoms with van der Waals surface area (Å²) in [6, 6.07) is 18.9. The Labute approximate surface area is 272 Å². The number of carbonyl (C=O) groups is 2. The maximum absolute atomic E-state index is 14.9. The Morgan fingerprint density at radius 1 is 0.911 bits per heavy atom. The largest absolute Gasteiger partial charge is 0.358 e. The summed E-state index contributed by atoms with van der Waals surface area (Å²) in [7, 11) is 0. The van der Waals surface area contributed by atoms with E-state index in [0.29, 0.717) is 18.9 Å². The van der Waals surface area contributed by atoms with Crippen LogP contribution in [-0.4, -0.2) is 44.3 Å². The number of aromatic nitrogens is 1. The number of para-hydroxylation sites is 1. The number of H-pyrrole nitrogens is 1. The van der Waals surface area contributed by atoms with Gasteiger partial charge in [-0.05, 0) is 122 Å². The van der Waals surface area contributed by atoms with E-state index in [4.69, 9.17) is 0 Å². The lowest BCUT2D eigenvalue weighted by Crippen LogP contribution is -2.68. The molecule has 5 nitrogen and oxygen atoms in total. The van der Waals surface area contributed by atoms with Crippen LogP contribution in [-0.2, 0) is 16.1 Å². The van der Waals surface area contributed by atoms with E-state index < -0.39 is 5.54 Å². The molecule has 5 saturated carbocycles. The molecule has 4 bridgehead atoms. The summed E-state index contributed by atoms with van der Waals surface area (Å²) < 4.78 is 0. The van der Waals surface area contributed by atoms with E-state index in [2.05, 4.69) is 84.5 Å². The number of thioether (sulfide) groups is 1. The predicted octanol–water partition coefficient (Wildman–Crippen LogP) is 7.99. The van der Waals surface area contributed by atoms with Crippen molar-refractivity contribution in [1.82, 2.24) is 15.2 Å². The number of nitrogens with one attached hydrogen (secondary N) is 2. The van der Waals surface area contributed by atoms with E-state index >= 15 is 0 Å². The van der Waals surface area contributed by atoms with E-state index in [1.165, 1.54) is 41.4 Å². The quantitative estimate of drug-likeness (QED) is 0.267. The van der Waals surface area contributed by atoms with E-state index in [-0.39, 0.29) is 28.7 Å². The molecule has 0 radical (unpaired) electrons. The third-order valence-electron chi connectivity index (χ3n) is 12.9.